The van der Waals surface area contributed by atoms with Crippen LogP contribution in [-0.2, 0) is 27.5 Å². The highest BCUT2D eigenvalue weighted by Gasteiger charge is 2.40. The Morgan fingerprint density at radius 2 is 1.82 bits per heavy atom. The van der Waals surface area contributed by atoms with Crippen LogP contribution < -0.4 is 5.32 Å². The number of benzene rings is 1. The first-order valence-corrected chi connectivity index (χ1v) is 11.8. The number of imide groups is 1. The summed E-state index contributed by atoms with van der Waals surface area (Å²) < 4.78 is 33.4. The second kappa shape index (κ2) is 10.9. The van der Waals surface area contributed by atoms with Gasteiger partial charge in [-0.25, -0.2) is 9.48 Å². The molecule has 5 rings (SSSR count). The highest BCUT2D eigenvalue weighted by Crippen LogP contribution is 2.31. The van der Waals surface area contributed by atoms with Gasteiger partial charge in [-0.05, 0) is 31.4 Å². The van der Waals surface area contributed by atoms with E-state index in [9.17, 15) is 32.7 Å². The van der Waals surface area contributed by atoms with Gasteiger partial charge in [0.1, 0.15) is 6.04 Å². The largest absolute Gasteiger partial charge is 0.490 e. The number of hydrogen-bond acceptors (Lipinski definition) is 8. The van der Waals surface area contributed by atoms with Crippen molar-refractivity contribution in [3.05, 3.63) is 41.2 Å². The fraction of sp³-hybridized carbons (Fsp3) is 0.478. The Balaban J connectivity index is 0.000000426. The van der Waals surface area contributed by atoms with E-state index in [0.717, 1.165) is 42.9 Å². The molecule has 15 heteroatoms. The molecule has 204 valence electrons. The standard InChI is InChI=1S/C21H24N6O4.C2HF3O2/c28-14-6-8-25(9-7-14)10-13-11-27(24-23-13)17-3-1-2-15-16(17)12-26(21(15)31)18-4-5-19(29)22-20(18)30;3-2(4,5)1(6)7/h1-3,11,14,18,28H,4-10,12H2,(H,22,29,30);(H,6,7). The van der Waals surface area contributed by atoms with Crippen molar-refractivity contribution in [2.24, 2.45) is 0 Å². The lowest BCUT2D eigenvalue weighted by atomic mass is 10.0. The molecule has 12 nitrogen and oxygen atoms in total. The number of hydrogen-bond donors (Lipinski definition) is 3. The van der Waals surface area contributed by atoms with E-state index in [2.05, 4.69) is 20.5 Å². The fourth-order valence-electron chi connectivity index (χ4n) is 4.58. The van der Waals surface area contributed by atoms with E-state index < -0.39 is 24.1 Å². The average Bonchev–Trinajstić information content (AvgIpc) is 3.45. The Morgan fingerprint density at radius 3 is 2.45 bits per heavy atom. The summed E-state index contributed by atoms with van der Waals surface area (Å²) in [5.74, 6) is -3.69. The minimum atomic E-state index is -5.08. The van der Waals surface area contributed by atoms with Crippen molar-refractivity contribution in [1.29, 1.82) is 0 Å². The topological polar surface area (TPSA) is 158 Å². The number of carbonyl (C=O) groups is 4. The number of nitrogens with one attached hydrogen (secondary N) is 1. The molecule has 2 fully saturated rings. The molecule has 3 amide bonds. The molecule has 3 aliphatic heterocycles. The van der Waals surface area contributed by atoms with Crippen LogP contribution in [0.2, 0.25) is 0 Å². The van der Waals surface area contributed by atoms with Gasteiger partial charge in [0.15, 0.2) is 0 Å². The van der Waals surface area contributed by atoms with Gasteiger partial charge in [-0.2, -0.15) is 13.2 Å². The fourth-order valence-corrected chi connectivity index (χ4v) is 4.58. The third-order valence-electron chi connectivity index (χ3n) is 6.53. The number of aliphatic hydroxyl groups is 1. The van der Waals surface area contributed by atoms with E-state index in [4.69, 9.17) is 9.90 Å². The normalized spacial score (nSPS) is 20.6. The summed E-state index contributed by atoms with van der Waals surface area (Å²) in [6, 6.07) is 4.79. The molecule has 38 heavy (non-hydrogen) atoms. The lowest BCUT2D eigenvalue weighted by molar-refractivity contribution is -0.192. The van der Waals surface area contributed by atoms with Crippen LogP contribution in [0.4, 0.5) is 13.2 Å². The van der Waals surface area contributed by atoms with E-state index in [1.54, 1.807) is 16.8 Å². The average molecular weight is 538 g/mol. The highest BCUT2D eigenvalue weighted by molar-refractivity contribution is 6.05. The van der Waals surface area contributed by atoms with Crippen molar-refractivity contribution in [3.8, 4) is 5.69 Å². The molecule has 3 N–H and O–H groups in total. The van der Waals surface area contributed by atoms with Gasteiger partial charge < -0.3 is 15.1 Å². The van der Waals surface area contributed by atoms with Crippen LogP contribution in [0.3, 0.4) is 0 Å². The van der Waals surface area contributed by atoms with E-state index in [-0.39, 0.29) is 30.9 Å². The number of carboxylic acid groups (broad SMARTS) is 1. The van der Waals surface area contributed by atoms with E-state index in [0.29, 0.717) is 18.5 Å². The lowest BCUT2D eigenvalue weighted by Crippen LogP contribution is -2.52. The number of nitrogens with zero attached hydrogens (tertiary/aromatic N) is 5. The third kappa shape index (κ3) is 5.99. The number of likely N-dealkylation sites (tertiary alicyclic amines) is 1. The smallest absolute Gasteiger partial charge is 0.475 e. The molecule has 1 aromatic carbocycles. The molecular formula is C23H25F3N6O6. The number of carboxylic acids is 1. The second-order valence-electron chi connectivity index (χ2n) is 9.17. The van der Waals surface area contributed by atoms with Gasteiger partial charge in [-0.3, -0.25) is 24.6 Å². The van der Waals surface area contributed by atoms with Crippen molar-refractivity contribution < 1.29 is 42.6 Å². The highest BCUT2D eigenvalue weighted by atomic mass is 19.4. The number of carbonyl (C=O) groups excluding carboxylic acids is 3. The first-order valence-electron chi connectivity index (χ1n) is 11.8. The zero-order valence-corrected chi connectivity index (χ0v) is 20.0. The summed E-state index contributed by atoms with van der Waals surface area (Å²) in [6.07, 6.45) is -1.36. The summed E-state index contributed by atoms with van der Waals surface area (Å²) in [5.41, 5.74) is 2.92. The van der Waals surface area contributed by atoms with E-state index in [1.165, 1.54) is 4.90 Å². The van der Waals surface area contributed by atoms with E-state index >= 15 is 0 Å². The summed E-state index contributed by atoms with van der Waals surface area (Å²) in [4.78, 5) is 49.4. The Morgan fingerprint density at radius 1 is 1.13 bits per heavy atom. The zero-order valence-electron chi connectivity index (χ0n) is 20.0. The number of piperidine rings is 2. The summed E-state index contributed by atoms with van der Waals surface area (Å²) in [5, 5.41) is 27.7. The summed E-state index contributed by atoms with van der Waals surface area (Å²) in [6.45, 7) is 2.59. The van der Waals surface area contributed by atoms with Crippen molar-refractivity contribution in [2.75, 3.05) is 13.1 Å². The maximum absolute atomic E-state index is 13.0. The molecule has 3 aliphatic rings. The number of aliphatic hydroxyl groups excluding tert-OH is 1. The summed E-state index contributed by atoms with van der Waals surface area (Å²) >= 11 is 0. The van der Waals surface area contributed by atoms with Gasteiger partial charge in [0.05, 0.1) is 23.7 Å². The molecule has 0 spiro atoms. The Hall–Kier alpha value is -3.85. The summed E-state index contributed by atoms with van der Waals surface area (Å²) in [7, 11) is 0. The number of aliphatic carboxylic acids is 1. The first kappa shape index (κ1) is 27.2. The molecule has 4 heterocycles. The Labute approximate surface area is 214 Å². The number of rotatable bonds is 4. The number of fused-ring (bicyclic) bond motifs is 1. The predicted octanol–water partition coefficient (Wildman–Crippen LogP) is 0.618. The number of aromatic nitrogens is 3. The van der Waals surface area contributed by atoms with Gasteiger partial charge in [0.2, 0.25) is 11.8 Å². The van der Waals surface area contributed by atoms with Crippen LogP contribution in [0.15, 0.2) is 24.4 Å². The zero-order chi connectivity index (χ0) is 27.6. The van der Waals surface area contributed by atoms with Crippen LogP contribution in [0, 0.1) is 0 Å². The third-order valence-corrected chi connectivity index (χ3v) is 6.53. The van der Waals surface area contributed by atoms with Gasteiger partial charge in [0, 0.05) is 43.7 Å². The minimum absolute atomic E-state index is 0.210. The monoisotopic (exact) mass is 538 g/mol. The van der Waals surface area contributed by atoms with Crippen LogP contribution in [0.25, 0.3) is 5.69 Å². The predicted molar refractivity (Wildman–Crippen MR) is 122 cm³/mol. The second-order valence-corrected chi connectivity index (χ2v) is 9.17. The van der Waals surface area contributed by atoms with Gasteiger partial charge in [0.25, 0.3) is 5.91 Å². The van der Waals surface area contributed by atoms with E-state index in [1.807, 2.05) is 12.3 Å². The van der Waals surface area contributed by atoms with Crippen LogP contribution in [0.5, 0.6) is 0 Å². The molecule has 0 radical (unpaired) electrons. The van der Waals surface area contributed by atoms with Crippen LogP contribution in [0.1, 0.15) is 47.3 Å². The quantitative estimate of drug-likeness (QED) is 0.475. The first-order chi connectivity index (χ1) is 17.9. The van der Waals surface area contributed by atoms with Gasteiger partial charge in [-0.1, -0.05) is 11.3 Å². The van der Waals surface area contributed by atoms with Gasteiger partial charge in [-0.15, -0.1) is 5.10 Å². The molecule has 1 unspecified atom stereocenters. The van der Waals surface area contributed by atoms with Crippen LogP contribution in [-0.4, -0.2) is 90.1 Å². The SMILES string of the molecule is O=C(O)C(F)(F)F.O=C1CCC(N2Cc3c(cccc3-n3cc(CN4CCC(O)CC4)nn3)C2=O)C(=O)N1. The van der Waals surface area contributed by atoms with Crippen LogP contribution >= 0.6 is 0 Å². The molecule has 2 aromatic rings. The maximum atomic E-state index is 13.0. The molecule has 0 saturated carbocycles. The Kier molecular flexibility index (Phi) is 7.78. The lowest BCUT2D eigenvalue weighted by Gasteiger charge is -2.29. The number of alkyl halides is 3. The Bertz CT molecular complexity index is 1240. The van der Waals surface area contributed by atoms with Crippen molar-refractivity contribution in [3.63, 3.8) is 0 Å². The molecule has 1 atom stereocenters. The maximum Gasteiger partial charge on any atom is 0.490 e. The molecular weight excluding hydrogens is 513 g/mol. The molecule has 0 aliphatic carbocycles. The molecule has 2 saturated heterocycles. The molecule has 0 bridgehead atoms. The number of amides is 3. The molecule has 1 aromatic heterocycles. The van der Waals surface area contributed by atoms with Crippen molar-refractivity contribution >= 4 is 23.7 Å². The minimum Gasteiger partial charge on any atom is -0.475 e. The van der Waals surface area contributed by atoms with Crippen molar-refractivity contribution in [2.45, 2.75) is 57.1 Å². The van der Waals surface area contributed by atoms with Gasteiger partial charge >= 0.3 is 12.1 Å². The van der Waals surface area contributed by atoms with Crippen molar-refractivity contribution in [1.82, 2.24) is 30.1 Å². The number of halogens is 3.